The van der Waals surface area contributed by atoms with Crippen molar-refractivity contribution >= 4 is 0 Å². The lowest BCUT2D eigenvalue weighted by Gasteiger charge is -2.34. The van der Waals surface area contributed by atoms with E-state index in [1.54, 1.807) is 0 Å². The molecule has 1 heterocycles. The molecule has 0 atom stereocenters. The Hall–Kier alpha value is -4.44. The minimum absolute atomic E-state index is 0.547. The molecule has 4 aromatic carbocycles. The Balaban J connectivity index is 1.63. The highest BCUT2D eigenvalue weighted by atomic mass is 16.5. The van der Waals surface area contributed by atoms with Gasteiger partial charge in [-0.05, 0) is 103 Å². The molecular formula is C43H48N2O2. The van der Waals surface area contributed by atoms with Crippen LogP contribution in [0.25, 0.3) is 22.4 Å². The zero-order valence-corrected chi connectivity index (χ0v) is 29.0. The van der Waals surface area contributed by atoms with Crippen LogP contribution in [0.1, 0.15) is 98.3 Å². The molecule has 4 heteroatoms. The van der Waals surface area contributed by atoms with Crippen LogP contribution < -0.4 is 9.47 Å². The van der Waals surface area contributed by atoms with Gasteiger partial charge in [0.15, 0.2) is 0 Å². The van der Waals surface area contributed by atoms with Crippen molar-refractivity contribution in [1.82, 2.24) is 9.97 Å². The quantitative estimate of drug-likeness (QED) is 0.128. The summed E-state index contributed by atoms with van der Waals surface area (Å²) in [5.74, 6) is 1.79. The summed E-state index contributed by atoms with van der Waals surface area (Å²) in [6.45, 7) is 14.4. The topological polar surface area (TPSA) is 44.2 Å². The van der Waals surface area contributed by atoms with E-state index in [0.717, 1.165) is 78.4 Å². The number of rotatable bonds is 13. The lowest BCUT2D eigenvalue weighted by molar-refractivity contribution is 0.317. The zero-order chi connectivity index (χ0) is 33.0. The van der Waals surface area contributed by atoms with Crippen LogP contribution in [-0.4, -0.2) is 23.2 Å². The molecule has 5 aromatic rings. The third kappa shape index (κ3) is 6.06. The zero-order valence-electron chi connectivity index (χ0n) is 29.0. The largest absolute Gasteiger partial charge is 0.494 e. The van der Waals surface area contributed by atoms with Crippen molar-refractivity contribution in [3.05, 3.63) is 130 Å². The number of fused-ring (bicyclic) bond motifs is 3. The highest BCUT2D eigenvalue weighted by Gasteiger charge is 2.46. The standard InChI is InChI=1S/C43H48N2O2/c1-7-11-40-30(6)44-41(12-8-2)42(45-40)31-14-24-37-36-23-13-29(5)27-38(36)43(39(37)28-31,32-15-19-34(20-16-32)46-25-9-3)33-17-21-35(22-18-33)47-26-10-4/h13-24,27-28H,7-12,25-26H2,1-6H3. The Labute approximate surface area is 281 Å². The van der Waals surface area contributed by atoms with Crippen molar-refractivity contribution in [2.45, 2.75) is 85.5 Å². The summed E-state index contributed by atoms with van der Waals surface area (Å²) in [6.07, 6.45) is 5.84. The fraction of sp³-hybridized carbons (Fsp3) is 0.349. The predicted molar refractivity (Wildman–Crippen MR) is 194 cm³/mol. The molecule has 1 aromatic heterocycles. The van der Waals surface area contributed by atoms with Crippen LogP contribution in [0.4, 0.5) is 0 Å². The molecule has 0 saturated carbocycles. The Morgan fingerprint density at radius 2 is 1.09 bits per heavy atom. The van der Waals surface area contributed by atoms with Gasteiger partial charge in [0.25, 0.3) is 0 Å². The normalized spacial score (nSPS) is 12.9. The molecule has 47 heavy (non-hydrogen) atoms. The Bertz CT molecular complexity index is 1790. The van der Waals surface area contributed by atoms with E-state index in [1.165, 1.54) is 38.9 Å². The highest BCUT2D eigenvalue weighted by molar-refractivity contribution is 5.88. The highest BCUT2D eigenvalue weighted by Crippen LogP contribution is 2.57. The minimum Gasteiger partial charge on any atom is -0.494 e. The molecule has 0 saturated heterocycles. The smallest absolute Gasteiger partial charge is 0.119 e. The number of ether oxygens (including phenoxy) is 2. The second-order valence-electron chi connectivity index (χ2n) is 12.9. The van der Waals surface area contributed by atoms with Gasteiger partial charge in [-0.2, -0.15) is 0 Å². The Morgan fingerprint density at radius 3 is 1.64 bits per heavy atom. The molecule has 0 aliphatic heterocycles. The predicted octanol–water partition coefficient (Wildman–Crippen LogP) is 10.6. The van der Waals surface area contributed by atoms with Crippen molar-refractivity contribution in [2.24, 2.45) is 0 Å². The van der Waals surface area contributed by atoms with E-state index >= 15 is 0 Å². The Morgan fingerprint density at radius 1 is 0.553 bits per heavy atom. The van der Waals surface area contributed by atoms with Crippen LogP contribution in [0.2, 0.25) is 0 Å². The van der Waals surface area contributed by atoms with Gasteiger partial charge in [-0.1, -0.05) is 101 Å². The minimum atomic E-state index is -0.547. The van der Waals surface area contributed by atoms with Crippen LogP contribution in [0.15, 0.2) is 84.9 Å². The van der Waals surface area contributed by atoms with E-state index in [4.69, 9.17) is 19.4 Å². The van der Waals surface area contributed by atoms with E-state index in [0.29, 0.717) is 13.2 Å². The summed E-state index contributed by atoms with van der Waals surface area (Å²) >= 11 is 0. The van der Waals surface area contributed by atoms with Crippen molar-refractivity contribution < 1.29 is 9.47 Å². The van der Waals surface area contributed by atoms with E-state index < -0.39 is 5.41 Å². The van der Waals surface area contributed by atoms with Crippen molar-refractivity contribution in [3.63, 3.8) is 0 Å². The molecule has 6 rings (SSSR count). The maximum atomic E-state index is 6.04. The molecule has 0 amide bonds. The van der Waals surface area contributed by atoms with Gasteiger partial charge in [0, 0.05) is 5.56 Å². The first-order valence-electron chi connectivity index (χ1n) is 17.5. The maximum absolute atomic E-state index is 6.04. The average molecular weight is 625 g/mol. The second kappa shape index (κ2) is 14.1. The number of hydrogen-bond donors (Lipinski definition) is 0. The monoisotopic (exact) mass is 624 g/mol. The third-order valence-corrected chi connectivity index (χ3v) is 9.30. The van der Waals surface area contributed by atoms with Crippen molar-refractivity contribution in [1.29, 1.82) is 0 Å². The van der Waals surface area contributed by atoms with Gasteiger partial charge < -0.3 is 9.47 Å². The summed E-state index contributed by atoms with van der Waals surface area (Å²) in [4.78, 5) is 10.5. The number of aromatic nitrogens is 2. The molecule has 0 radical (unpaired) electrons. The van der Waals surface area contributed by atoms with Crippen LogP contribution >= 0.6 is 0 Å². The van der Waals surface area contributed by atoms with E-state index in [-0.39, 0.29) is 0 Å². The molecule has 0 fully saturated rings. The number of benzene rings is 4. The summed E-state index contributed by atoms with van der Waals surface area (Å²) in [5.41, 5.74) is 13.6. The van der Waals surface area contributed by atoms with Crippen LogP contribution in [0.3, 0.4) is 0 Å². The van der Waals surface area contributed by atoms with Crippen LogP contribution in [0, 0.1) is 13.8 Å². The van der Waals surface area contributed by atoms with E-state index in [2.05, 4.69) is 126 Å². The van der Waals surface area contributed by atoms with Crippen LogP contribution in [-0.2, 0) is 18.3 Å². The molecule has 0 unspecified atom stereocenters. The number of hydrogen-bond acceptors (Lipinski definition) is 4. The first kappa shape index (κ1) is 32.5. The maximum Gasteiger partial charge on any atom is 0.119 e. The van der Waals surface area contributed by atoms with Crippen molar-refractivity contribution in [2.75, 3.05) is 13.2 Å². The van der Waals surface area contributed by atoms with Gasteiger partial charge >= 0.3 is 0 Å². The van der Waals surface area contributed by atoms with Gasteiger partial charge in [0.05, 0.1) is 41.4 Å². The SMILES string of the molecule is CCCOc1ccc(C2(c3ccc(OCCC)cc3)c3cc(C)ccc3-c3ccc(-c4nc(CCC)c(C)nc4CCC)cc32)cc1. The lowest BCUT2D eigenvalue weighted by atomic mass is 9.67. The fourth-order valence-electron chi connectivity index (χ4n) is 7.13. The second-order valence-corrected chi connectivity index (χ2v) is 12.9. The molecule has 1 aliphatic rings. The average Bonchev–Trinajstić information content (AvgIpc) is 3.37. The van der Waals surface area contributed by atoms with Crippen molar-refractivity contribution in [3.8, 4) is 33.9 Å². The molecule has 0 bridgehead atoms. The number of nitrogens with zero attached hydrogens (tertiary/aromatic N) is 2. The molecule has 1 aliphatic carbocycles. The van der Waals surface area contributed by atoms with E-state index in [1.807, 2.05) is 0 Å². The summed E-state index contributed by atoms with van der Waals surface area (Å²) in [7, 11) is 0. The fourth-order valence-corrected chi connectivity index (χ4v) is 7.13. The molecule has 0 spiro atoms. The van der Waals surface area contributed by atoms with Gasteiger partial charge in [-0.25, -0.2) is 4.98 Å². The first-order chi connectivity index (χ1) is 22.9. The molecule has 242 valence electrons. The number of aryl methyl sites for hydroxylation is 4. The molecular weight excluding hydrogens is 576 g/mol. The Kier molecular flexibility index (Phi) is 9.77. The molecule has 4 nitrogen and oxygen atoms in total. The van der Waals surface area contributed by atoms with Gasteiger partial charge in [-0.15, -0.1) is 0 Å². The molecule has 0 N–H and O–H groups in total. The first-order valence-corrected chi connectivity index (χ1v) is 17.5. The van der Waals surface area contributed by atoms with Gasteiger partial charge in [0.2, 0.25) is 0 Å². The van der Waals surface area contributed by atoms with Gasteiger partial charge in [-0.3, -0.25) is 4.98 Å². The van der Waals surface area contributed by atoms with Gasteiger partial charge in [0.1, 0.15) is 11.5 Å². The summed E-state index contributed by atoms with van der Waals surface area (Å²) < 4.78 is 12.1. The third-order valence-electron chi connectivity index (χ3n) is 9.30. The lowest BCUT2D eigenvalue weighted by Crippen LogP contribution is -2.28. The van der Waals surface area contributed by atoms with E-state index in [9.17, 15) is 0 Å². The van der Waals surface area contributed by atoms with Crippen LogP contribution in [0.5, 0.6) is 11.5 Å². The summed E-state index contributed by atoms with van der Waals surface area (Å²) in [6, 6.07) is 31.4. The summed E-state index contributed by atoms with van der Waals surface area (Å²) in [5, 5.41) is 0.